The van der Waals surface area contributed by atoms with Gasteiger partial charge in [-0.2, -0.15) is 0 Å². The van der Waals surface area contributed by atoms with E-state index in [9.17, 15) is 4.79 Å². The lowest BCUT2D eigenvalue weighted by Crippen LogP contribution is -2.08. The molecular formula is C28H33N3O2. The Hall–Kier alpha value is -3.21. The Morgan fingerprint density at radius 2 is 1.82 bits per heavy atom. The predicted octanol–water partition coefficient (Wildman–Crippen LogP) is 7.49. The van der Waals surface area contributed by atoms with E-state index >= 15 is 0 Å². The number of carbonyl (C=O) groups is 1. The fourth-order valence-electron chi connectivity index (χ4n) is 4.99. The first-order chi connectivity index (χ1) is 16.0. The molecular weight excluding hydrogens is 410 g/mol. The van der Waals surface area contributed by atoms with Gasteiger partial charge in [-0.25, -0.2) is 4.98 Å². The van der Waals surface area contributed by atoms with Gasteiger partial charge in [0.2, 0.25) is 0 Å². The average Bonchev–Trinajstić information content (AvgIpc) is 3.37. The third kappa shape index (κ3) is 4.24. The molecule has 0 unspecified atom stereocenters. The molecule has 0 saturated heterocycles. The van der Waals surface area contributed by atoms with E-state index in [-0.39, 0.29) is 0 Å². The van der Waals surface area contributed by atoms with Gasteiger partial charge in [-0.1, -0.05) is 50.9 Å². The van der Waals surface area contributed by atoms with E-state index < -0.39 is 0 Å². The molecule has 3 aromatic heterocycles. The van der Waals surface area contributed by atoms with E-state index in [1.165, 1.54) is 5.56 Å². The Balaban J connectivity index is 2.00. The molecule has 4 rings (SSSR count). The molecule has 0 bridgehead atoms. The minimum absolute atomic E-state index is 0.410. The second kappa shape index (κ2) is 9.74. The van der Waals surface area contributed by atoms with Crippen molar-refractivity contribution in [1.29, 1.82) is 0 Å². The van der Waals surface area contributed by atoms with E-state index in [2.05, 4.69) is 48.8 Å². The third-order valence-electron chi connectivity index (χ3n) is 6.57. The lowest BCUT2D eigenvalue weighted by atomic mass is 9.95. The van der Waals surface area contributed by atoms with E-state index in [0.29, 0.717) is 11.6 Å². The molecule has 0 atom stereocenters. The summed E-state index contributed by atoms with van der Waals surface area (Å²) in [6, 6.07) is 8.63. The maximum Gasteiger partial charge on any atom is 0.150 e. The van der Waals surface area contributed by atoms with Crippen molar-refractivity contribution in [1.82, 2.24) is 14.7 Å². The first-order valence-corrected chi connectivity index (χ1v) is 12.0. The zero-order chi connectivity index (χ0) is 23.5. The number of aldehydes is 1. The third-order valence-corrected chi connectivity index (χ3v) is 6.57. The Morgan fingerprint density at radius 3 is 2.42 bits per heavy atom. The molecule has 0 radical (unpaired) electrons. The molecule has 172 valence electrons. The number of pyridine rings is 1. The van der Waals surface area contributed by atoms with Gasteiger partial charge in [0.25, 0.3) is 0 Å². The summed E-state index contributed by atoms with van der Waals surface area (Å²) in [6.45, 7) is 10.5. The topological polar surface area (TPSA) is 60.9 Å². The SMILES string of the molecule is CCCC(CCC)n1cc(-c2ccc(C=O)cc2CC)c2cc(-c3c(C)noc3C)cnc21. The number of hydrogen-bond donors (Lipinski definition) is 0. The van der Waals surface area contributed by atoms with Gasteiger partial charge in [-0.05, 0) is 56.4 Å². The van der Waals surface area contributed by atoms with Crippen LogP contribution in [0, 0.1) is 13.8 Å². The van der Waals surface area contributed by atoms with Crippen LogP contribution in [0.25, 0.3) is 33.3 Å². The van der Waals surface area contributed by atoms with Gasteiger partial charge in [-0.3, -0.25) is 4.79 Å². The average molecular weight is 444 g/mol. The van der Waals surface area contributed by atoms with Crippen molar-refractivity contribution in [3.05, 3.63) is 59.2 Å². The van der Waals surface area contributed by atoms with E-state index in [1.807, 2.05) is 32.2 Å². The van der Waals surface area contributed by atoms with Crippen LogP contribution in [0.3, 0.4) is 0 Å². The lowest BCUT2D eigenvalue weighted by Gasteiger charge is -2.18. The second-order valence-corrected chi connectivity index (χ2v) is 8.86. The fraction of sp³-hybridized carbons (Fsp3) is 0.393. The van der Waals surface area contributed by atoms with Crippen molar-refractivity contribution >= 4 is 17.3 Å². The highest BCUT2D eigenvalue weighted by Gasteiger charge is 2.21. The largest absolute Gasteiger partial charge is 0.361 e. The summed E-state index contributed by atoms with van der Waals surface area (Å²) in [7, 11) is 0. The number of aryl methyl sites for hydroxylation is 3. The van der Waals surface area contributed by atoms with Gasteiger partial charge in [0.1, 0.15) is 17.7 Å². The zero-order valence-electron chi connectivity index (χ0n) is 20.3. The van der Waals surface area contributed by atoms with Crippen LogP contribution >= 0.6 is 0 Å². The molecule has 0 fully saturated rings. The number of benzene rings is 1. The van der Waals surface area contributed by atoms with E-state index in [1.54, 1.807) is 0 Å². The number of hydrogen-bond acceptors (Lipinski definition) is 4. The molecule has 0 aliphatic carbocycles. The normalized spacial score (nSPS) is 11.6. The van der Waals surface area contributed by atoms with E-state index in [0.717, 1.165) is 83.1 Å². The van der Waals surface area contributed by atoms with Crippen LogP contribution < -0.4 is 0 Å². The number of carbonyl (C=O) groups excluding carboxylic acids is 1. The van der Waals surface area contributed by atoms with Crippen LogP contribution in [0.15, 0.2) is 41.2 Å². The van der Waals surface area contributed by atoms with Gasteiger partial charge in [0.15, 0.2) is 0 Å². The van der Waals surface area contributed by atoms with Crippen LogP contribution in [-0.2, 0) is 6.42 Å². The highest BCUT2D eigenvalue weighted by atomic mass is 16.5. The minimum Gasteiger partial charge on any atom is -0.361 e. The molecule has 0 amide bonds. The molecule has 4 aromatic rings. The minimum atomic E-state index is 0.410. The molecule has 5 heteroatoms. The summed E-state index contributed by atoms with van der Waals surface area (Å²) in [5.41, 5.74) is 8.11. The van der Waals surface area contributed by atoms with Crippen molar-refractivity contribution in [3.8, 4) is 22.3 Å². The molecule has 1 aromatic carbocycles. The first-order valence-electron chi connectivity index (χ1n) is 12.0. The summed E-state index contributed by atoms with van der Waals surface area (Å²) in [6.07, 6.45) is 10.5. The van der Waals surface area contributed by atoms with Crippen molar-refractivity contribution in [3.63, 3.8) is 0 Å². The van der Waals surface area contributed by atoms with Gasteiger partial charge in [0, 0.05) is 46.1 Å². The van der Waals surface area contributed by atoms with Crippen LogP contribution in [0.5, 0.6) is 0 Å². The van der Waals surface area contributed by atoms with Crippen molar-refractivity contribution in [2.24, 2.45) is 0 Å². The summed E-state index contributed by atoms with van der Waals surface area (Å²) >= 11 is 0. The number of nitrogens with zero attached hydrogens (tertiary/aromatic N) is 3. The van der Waals surface area contributed by atoms with Gasteiger partial charge < -0.3 is 9.09 Å². The highest BCUT2D eigenvalue weighted by Crippen LogP contribution is 2.38. The molecule has 0 aliphatic rings. The summed E-state index contributed by atoms with van der Waals surface area (Å²) < 4.78 is 7.81. The number of aromatic nitrogens is 3. The Morgan fingerprint density at radius 1 is 1.06 bits per heavy atom. The Bertz CT molecular complexity index is 1260. The quantitative estimate of drug-likeness (QED) is 0.251. The van der Waals surface area contributed by atoms with Gasteiger partial charge in [0.05, 0.1) is 5.69 Å². The van der Waals surface area contributed by atoms with Crippen LogP contribution in [-0.4, -0.2) is 21.0 Å². The summed E-state index contributed by atoms with van der Waals surface area (Å²) in [5, 5.41) is 5.26. The number of fused-ring (bicyclic) bond motifs is 1. The van der Waals surface area contributed by atoms with Crippen molar-refractivity contribution in [2.75, 3.05) is 0 Å². The molecule has 33 heavy (non-hydrogen) atoms. The number of rotatable bonds is 9. The fourth-order valence-corrected chi connectivity index (χ4v) is 4.99. The molecule has 0 aliphatic heterocycles. The van der Waals surface area contributed by atoms with Crippen LogP contribution in [0.4, 0.5) is 0 Å². The molecule has 5 nitrogen and oxygen atoms in total. The molecule has 3 heterocycles. The zero-order valence-corrected chi connectivity index (χ0v) is 20.3. The monoisotopic (exact) mass is 443 g/mol. The second-order valence-electron chi connectivity index (χ2n) is 8.86. The standard InChI is InChI=1S/C28H33N3O2/c1-6-9-23(10-7-2)31-16-26(24-12-11-20(17-32)13-21(24)8-3)25-14-22(15-29-28(25)31)27-18(4)30-33-19(27)5/h11-17,23H,6-10H2,1-5H3. The molecule has 0 spiro atoms. The Labute approximate surface area is 195 Å². The maximum absolute atomic E-state index is 11.4. The van der Waals surface area contributed by atoms with Crippen LogP contribution in [0.2, 0.25) is 0 Å². The predicted molar refractivity (Wildman–Crippen MR) is 134 cm³/mol. The van der Waals surface area contributed by atoms with Crippen molar-refractivity contribution in [2.45, 2.75) is 72.8 Å². The van der Waals surface area contributed by atoms with Crippen molar-refractivity contribution < 1.29 is 9.32 Å². The smallest absolute Gasteiger partial charge is 0.150 e. The summed E-state index contributed by atoms with van der Waals surface area (Å²) in [5.74, 6) is 0.800. The lowest BCUT2D eigenvalue weighted by molar-refractivity contribution is 0.112. The van der Waals surface area contributed by atoms with E-state index in [4.69, 9.17) is 9.51 Å². The summed E-state index contributed by atoms with van der Waals surface area (Å²) in [4.78, 5) is 16.4. The highest BCUT2D eigenvalue weighted by molar-refractivity contribution is 5.97. The Kier molecular flexibility index (Phi) is 6.77. The van der Waals surface area contributed by atoms with Crippen LogP contribution in [0.1, 0.15) is 79.9 Å². The maximum atomic E-state index is 11.4. The van der Waals surface area contributed by atoms with Gasteiger partial charge in [-0.15, -0.1) is 0 Å². The molecule has 0 N–H and O–H groups in total. The van der Waals surface area contributed by atoms with Gasteiger partial charge >= 0.3 is 0 Å². The molecule has 0 saturated carbocycles. The first kappa shape index (κ1) is 23.0.